The fourth-order valence-electron chi connectivity index (χ4n) is 4.62. The van der Waals surface area contributed by atoms with Crippen LogP contribution in [-0.2, 0) is 4.79 Å². The molecular formula is C24H28F2N6O3. The van der Waals surface area contributed by atoms with E-state index in [1.54, 1.807) is 13.2 Å². The highest BCUT2D eigenvalue weighted by atomic mass is 19.3. The first-order valence-electron chi connectivity index (χ1n) is 11.7. The molecule has 2 fully saturated rings. The fraction of sp³-hybridized carbons (Fsp3) is 0.458. The molecule has 2 aliphatic rings. The quantitative estimate of drug-likeness (QED) is 0.506. The molecule has 0 spiro atoms. The van der Waals surface area contributed by atoms with Crippen molar-refractivity contribution in [3.05, 3.63) is 30.6 Å². The van der Waals surface area contributed by atoms with E-state index in [-0.39, 0.29) is 29.8 Å². The number of aromatic nitrogens is 3. The summed E-state index contributed by atoms with van der Waals surface area (Å²) >= 11 is 0. The number of halogens is 2. The van der Waals surface area contributed by atoms with Crippen molar-refractivity contribution in [2.24, 2.45) is 5.92 Å². The minimum atomic E-state index is -2.77. The maximum Gasteiger partial charge on any atom is 0.320 e. The van der Waals surface area contributed by atoms with Gasteiger partial charge in [-0.25, -0.2) is 9.97 Å². The van der Waals surface area contributed by atoms with Gasteiger partial charge in [-0.15, -0.1) is 0 Å². The highest BCUT2D eigenvalue weighted by Crippen LogP contribution is 2.36. The fourth-order valence-corrected chi connectivity index (χ4v) is 4.62. The molecule has 2 N–H and O–H groups in total. The molecule has 2 saturated heterocycles. The monoisotopic (exact) mass is 486 g/mol. The van der Waals surface area contributed by atoms with E-state index < -0.39 is 6.55 Å². The van der Waals surface area contributed by atoms with Gasteiger partial charge in [0.15, 0.2) is 0 Å². The van der Waals surface area contributed by atoms with E-state index in [4.69, 9.17) is 9.47 Å². The molecule has 2 aliphatic heterocycles. The summed E-state index contributed by atoms with van der Waals surface area (Å²) in [5.74, 6) is 0.984. The number of nitrogens with one attached hydrogen (secondary N) is 2. The summed E-state index contributed by atoms with van der Waals surface area (Å²) in [6.07, 6.45) is 2.16. The third-order valence-corrected chi connectivity index (χ3v) is 6.49. The minimum Gasteiger partial charge on any atom is -0.495 e. The lowest BCUT2D eigenvalue weighted by Gasteiger charge is -2.30. The SMILES string of the molecule is COc1cc(-c2cc3ncn(C(F)F)c3c(OCC[C@H]3CNC(=O)C3)n2)ccc1N1CCNCC1. The van der Waals surface area contributed by atoms with Crippen molar-refractivity contribution in [1.82, 2.24) is 25.2 Å². The Balaban J connectivity index is 1.46. The first kappa shape index (κ1) is 23.3. The predicted molar refractivity (Wildman–Crippen MR) is 127 cm³/mol. The number of carbonyl (C=O) groups is 1. The molecule has 5 rings (SSSR count). The molecule has 35 heavy (non-hydrogen) atoms. The minimum absolute atomic E-state index is 0.0199. The van der Waals surface area contributed by atoms with Gasteiger partial charge in [-0.1, -0.05) is 6.07 Å². The van der Waals surface area contributed by atoms with E-state index in [1.165, 1.54) is 0 Å². The number of pyridine rings is 1. The average Bonchev–Trinajstić information content (AvgIpc) is 3.50. The van der Waals surface area contributed by atoms with Crippen molar-refractivity contribution in [2.75, 3.05) is 51.3 Å². The lowest BCUT2D eigenvalue weighted by atomic mass is 10.1. The molecule has 11 heteroatoms. The zero-order valence-corrected chi connectivity index (χ0v) is 19.5. The smallest absolute Gasteiger partial charge is 0.320 e. The van der Waals surface area contributed by atoms with Crippen LogP contribution in [0.25, 0.3) is 22.3 Å². The van der Waals surface area contributed by atoms with Crippen molar-refractivity contribution in [2.45, 2.75) is 19.4 Å². The van der Waals surface area contributed by atoms with Crippen molar-refractivity contribution in [3.63, 3.8) is 0 Å². The first-order chi connectivity index (χ1) is 17.0. The van der Waals surface area contributed by atoms with Crippen LogP contribution in [0.3, 0.4) is 0 Å². The van der Waals surface area contributed by atoms with Gasteiger partial charge in [0.1, 0.15) is 17.6 Å². The summed E-state index contributed by atoms with van der Waals surface area (Å²) in [5.41, 5.74) is 2.83. The molecule has 3 aromatic rings. The Labute approximate surface area is 201 Å². The maximum atomic E-state index is 13.6. The second-order valence-electron chi connectivity index (χ2n) is 8.74. The van der Waals surface area contributed by atoms with Gasteiger partial charge in [-0.05, 0) is 30.5 Å². The largest absolute Gasteiger partial charge is 0.495 e. The normalized spacial score (nSPS) is 18.3. The number of fused-ring (bicyclic) bond motifs is 1. The second kappa shape index (κ2) is 10.0. The van der Waals surface area contributed by atoms with E-state index in [9.17, 15) is 13.6 Å². The second-order valence-corrected chi connectivity index (χ2v) is 8.74. The summed E-state index contributed by atoms with van der Waals surface area (Å²) in [5, 5.41) is 6.14. The predicted octanol–water partition coefficient (Wildman–Crippen LogP) is 2.82. The van der Waals surface area contributed by atoms with Gasteiger partial charge in [-0.3, -0.25) is 9.36 Å². The van der Waals surface area contributed by atoms with Crippen molar-refractivity contribution in [3.8, 4) is 22.9 Å². The molecule has 0 aliphatic carbocycles. The Morgan fingerprint density at radius 2 is 2.06 bits per heavy atom. The molecule has 0 bridgehead atoms. The number of hydrogen-bond acceptors (Lipinski definition) is 7. The van der Waals surface area contributed by atoms with Crippen LogP contribution in [0.4, 0.5) is 14.5 Å². The molecule has 2 aromatic heterocycles. The van der Waals surface area contributed by atoms with Crippen LogP contribution in [0.15, 0.2) is 30.6 Å². The maximum absolute atomic E-state index is 13.6. The summed E-state index contributed by atoms with van der Waals surface area (Å²) in [7, 11) is 1.63. The number of nitrogens with zero attached hydrogens (tertiary/aromatic N) is 4. The molecule has 0 unspecified atom stereocenters. The molecule has 1 atom stereocenters. The lowest BCUT2D eigenvalue weighted by molar-refractivity contribution is -0.119. The van der Waals surface area contributed by atoms with Gasteiger partial charge < -0.3 is 25.0 Å². The molecule has 1 aromatic carbocycles. The van der Waals surface area contributed by atoms with Crippen LogP contribution >= 0.6 is 0 Å². The van der Waals surface area contributed by atoms with Crippen LogP contribution in [0, 0.1) is 5.92 Å². The number of anilines is 1. The van der Waals surface area contributed by atoms with Gasteiger partial charge in [0.2, 0.25) is 11.8 Å². The number of imidazole rings is 1. The van der Waals surface area contributed by atoms with Crippen LogP contribution in [0.5, 0.6) is 11.6 Å². The molecular weight excluding hydrogens is 458 g/mol. The van der Waals surface area contributed by atoms with Gasteiger partial charge in [0, 0.05) is 44.7 Å². The van der Waals surface area contributed by atoms with Crippen LogP contribution in [-0.4, -0.2) is 66.9 Å². The van der Waals surface area contributed by atoms with E-state index in [1.807, 2.05) is 18.2 Å². The number of alkyl halides is 2. The molecule has 0 radical (unpaired) electrons. The lowest BCUT2D eigenvalue weighted by Crippen LogP contribution is -2.43. The number of carbonyl (C=O) groups excluding carboxylic acids is 1. The van der Waals surface area contributed by atoms with E-state index >= 15 is 0 Å². The summed E-state index contributed by atoms with van der Waals surface area (Å²) in [6.45, 7) is 1.65. The van der Waals surface area contributed by atoms with Gasteiger partial charge in [-0.2, -0.15) is 8.78 Å². The van der Waals surface area contributed by atoms with Crippen LogP contribution in [0.1, 0.15) is 19.4 Å². The number of rotatable bonds is 8. The molecule has 186 valence electrons. The number of benzene rings is 1. The van der Waals surface area contributed by atoms with E-state index in [0.717, 1.165) is 48.3 Å². The van der Waals surface area contributed by atoms with Gasteiger partial charge >= 0.3 is 6.55 Å². The molecule has 4 heterocycles. The Morgan fingerprint density at radius 3 is 2.77 bits per heavy atom. The Kier molecular flexibility index (Phi) is 6.67. The van der Waals surface area contributed by atoms with Gasteiger partial charge in [0.05, 0.1) is 30.6 Å². The molecule has 1 amide bonds. The zero-order chi connectivity index (χ0) is 24.4. The first-order valence-corrected chi connectivity index (χ1v) is 11.7. The number of ether oxygens (including phenoxy) is 2. The van der Waals surface area contributed by atoms with Crippen LogP contribution < -0.4 is 25.0 Å². The van der Waals surface area contributed by atoms with Gasteiger partial charge in [0.25, 0.3) is 0 Å². The Bertz CT molecular complexity index is 1210. The zero-order valence-electron chi connectivity index (χ0n) is 19.5. The van der Waals surface area contributed by atoms with Crippen molar-refractivity contribution in [1.29, 1.82) is 0 Å². The molecule has 0 saturated carbocycles. The summed E-state index contributed by atoms with van der Waals surface area (Å²) in [6, 6.07) is 7.51. The standard InChI is InChI=1S/C24H28F2N6O3/c1-34-20-11-16(2-3-19(20)31-7-5-27-6-8-31)17-12-18-22(32(14-29-18)24(25)26)23(30-17)35-9-4-15-10-21(33)28-13-15/h2-3,11-12,14-15,24,27H,4-10,13H2,1H3,(H,28,33)/t15-/m1/s1. The van der Waals surface area contributed by atoms with Crippen LogP contribution in [0.2, 0.25) is 0 Å². The number of methoxy groups -OCH3 is 1. The average molecular weight is 487 g/mol. The summed E-state index contributed by atoms with van der Waals surface area (Å²) in [4.78, 5) is 22.5. The third-order valence-electron chi connectivity index (χ3n) is 6.49. The van der Waals surface area contributed by atoms with Crippen molar-refractivity contribution < 1.29 is 23.0 Å². The Hall–Kier alpha value is -3.47. The highest BCUT2D eigenvalue weighted by Gasteiger charge is 2.23. The number of piperazine rings is 1. The topological polar surface area (TPSA) is 93.5 Å². The summed E-state index contributed by atoms with van der Waals surface area (Å²) < 4.78 is 39.6. The highest BCUT2D eigenvalue weighted by molar-refractivity contribution is 5.85. The number of hydrogen-bond donors (Lipinski definition) is 2. The Morgan fingerprint density at radius 1 is 1.23 bits per heavy atom. The third kappa shape index (κ3) is 4.86. The van der Waals surface area contributed by atoms with E-state index in [2.05, 4.69) is 25.5 Å². The van der Waals surface area contributed by atoms with Crippen molar-refractivity contribution >= 4 is 22.6 Å². The van der Waals surface area contributed by atoms with E-state index in [0.29, 0.717) is 36.3 Å². The molecule has 9 nitrogen and oxygen atoms in total. The number of amides is 1.